The molecule has 5 nitrogen and oxygen atoms in total. The quantitative estimate of drug-likeness (QED) is 0.577. The predicted octanol–water partition coefficient (Wildman–Crippen LogP) is 3.81. The second kappa shape index (κ2) is 7.70. The third kappa shape index (κ3) is 5.06. The highest BCUT2D eigenvalue weighted by Gasteiger charge is 2.17. The zero-order valence-corrected chi connectivity index (χ0v) is 15.6. The molecule has 0 fully saturated rings. The number of carbonyl (C=O) groups is 1. The summed E-state index contributed by atoms with van der Waals surface area (Å²) in [7, 11) is -2.51. The van der Waals surface area contributed by atoms with Crippen LogP contribution in [0, 0.1) is 6.92 Å². The molecule has 0 atom stereocenters. The summed E-state index contributed by atoms with van der Waals surface area (Å²) >= 11 is 0. The van der Waals surface area contributed by atoms with Crippen LogP contribution in [-0.2, 0) is 20.6 Å². The lowest BCUT2D eigenvalue weighted by molar-refractivity contribution is 0.0600. The second-order valence-corrected chi connectivity index (χ2v) is 7.72. The van der Waals surface area contributed by atoms with Gasteiger partial charge in [-0.15, -0.1) is 0 Å². The predicted molar refractivity (Wildman–Crippen MR) is 96.3 cm³/mol. The second-order valence-electron chi connectivity index (χ2n) is 6.15. The highest BCUT2D eigenvalue weighted by Crippen LogP contribution is 2.26. The molecule has 0 aliphatic heterocycles. The van der Waals surface area contributed by atoms with Crippen molar-refractivity contribution in [3.05, 3.63) is 64.7 Å². The van der Waals surface area contributed by atoms with E-state index in [9.17, 15) is 13.2 Å². The van der Waals surface area contributed by atoms with E-state index in [0.717, 1.165) is 11.1 Å². The number of esters is 1. The lowest BCUT2D eigenvalue weighted by atomic mass is 10.0. The molecule has 0 amide bonds. The van der Waals surface area contributed by atoms with E-state index in [1.165, 1.54) is 19.2 Å². The maximum atomic E-state index is 12.4. The Morgan fingerprint density at radius 1 is 1.08 bits per heavy atom. The number of hydrogen-bond acceptors (Lipinski definition) is 5. The number of benzene rings is 2. The van der Waals surface area contributed by atoms with Crippen LogP contribution in [0.15, 0.2) is 42.5 Å². The zero-order valence-electron chi connectivity index (χ0n) is 14.8. The Morgan fingerprint density at radius 2 is 1.72 bits per heavy atom. The van der Waals surface area contributed by atoms with Gasteiger partial charge in [0, 0.05) is 0 Å². The van der Waals surface area contributed by atoms with Crippen LogP contribution in [0.1, 0.15) is 46.8 Å². The SMILES string of the molecule is COC(=O)c1ccc(CS(=O)(=O)Oc2cc(C(C)C)ccc2C)cc1. The fourth-order valence-electron chi connectivity index (χ4n) is 2.29. The van der Waals surface area contributed by atoms with Crippen LogP contribution in [0.2, 0.25) is 0 Å². The van der Waals surface area contributed by atoms with E-state index in [-0.39, 0.29) is 11.7 Å². The molecule has 0 aliphatic rings. The minimum Gasteiger partial charge on any atom is -0.465 e. The maximum Gasteiger partial charge on any atom is 0.337 e. The van der Waals surface area contributed by atoms with Crippen molar-refractivity contribution in [2.75, 3.05) is 7.11 Å². The zero-order chi connectivity index (χ0) is 18.6. The van der Waals surface area contributed by atoms with Crippen molar-refractivity contribution in [1.82, 2.24) is 0 Å². The third-order valence-corrected chi connectivity index (χ3v) is 4.93. The Bertz CT molecular complexity index is 852. The molecule has 2 aromatic carbocycles. The van der Waals surface area contributed by atoms with Gasteiger partial charge in [-0.2, -0.15) is 8.42 Å². The van der Waals surface area contributed by atoms with E-state index in [4.69, 9.17) is 4.18 Å². The van der Waals surface area contributed by atoms with Gasteiger partial charge >= 0.3 is 16.1 Å². The molecule has 0 heterocycles. The van der Waals surface area contributed by atoms with Crippen molar-refractivity contribution in [3.63, 3.8) is 0 Å². The van der Waals surface area contributed by atoms with Gasteiger partial charge in [0.2, 0.25) is 0 Å². The van der Waals surface area contributed by atoms with E-state index >= 15 is 0 Å². The monoisotopic (exact) mass is 362 g/mol. The van der Waals surface area contributed by atoms with E-state index in [1.807, 2.05) is 26.0 Å². The Labute approximate surface area is 148 Å². The molecule has 25 heavy (non-hydrogen) atoms. The summed E-state index contributed by atoms with van der Waals surface area (Å²) in [6.45, 7) is 5.87. The highest BCUT2D eigenvalue weighted by molar-refractivity contribution is 7.86. The fraction of sp³-hybridized carbons (Fsp3) is 0.316. The first kappa shape index (κ1) is 19.0. The van der Waals surface area contributed by atoms with Crippen LogP contribution in [0.5, 0.6) is 5.75 Å². The Morgan fingerprint density at radius 3 is 2.28 bits per heavy atom. The average Bonchev–Trinajstić information content (AvgIpc) is 2.56. The number of ether oxygens (including phenoxy) is 1. The van der Waals surface area contributed by atoms with Crippen molar-refractivity contribution in [2.45, 2.75) is 32.4 Å². The van der Waals surface area contributed by atoms with Gasteiger partial charge in [0.1, 0.15) is 11.5 Å². The van der Waals surface area contributed by atoms with Crippen molar-refractivity contribution in [1.29, 1.82) is 0 Å². The number of carbonyl (C=O) groups excluding carboxylic acids is 1. The van der Waals surface area contributed by atoms with Gasteiger partial charge in [-0.05, 0) is 47.7 Å². The molecule has 0 saturated carbocycles. The van der Waals surface area contributed by atoms with Gasteiger partial charge < -0.3 is 8.92 Å². The van der Waals surface area contributed by atoms with Gasteiger partial charge in [0.25, 0.3) is 0 Å². The summed E-state index contributed by atoms with van der Waals surface area (Å²) in [6, 6.07) is 11.8. The van der Waals surface area contributed by atoms with Gasteiger partial charge in [-0.3, -0.25) is 0 Å². The molecule has 2 rings (SSSR count). The number of methoxy groups -OCH3 is 1. The largest absolute Gasteiger partial charge is 0.465 e. The number of aryl methyl sites for hydroxylation is 1. The molecule has 0 radical (unpaired) electrons. The molecule has 2 aromatic rings. The standard InChI is InChI=1S/C19H22O5S/c1-13(2)17-8-5-14(3)18(11-17)24-25(21,22)12-15-6-9-16(10-7-15)19(20)23-4/h5-11,13H,12H2,1-4H3. The molecule has 6 heteroatoms. The third-order valence-electron chi connectivity index (χ3n) is 3.81. The van der Waals surface area contributed by atoms with Crippen LogP contribution < -0.4 is 4.18 Å². The minimum atomic E-state index is -3.81. The molecule has 134 valence electrons. The molecule has 0 N–H and O–H groups in total. The van der Waals surface area contributed by atoms with Crippen molar-refractivity contribution < 1.29 is 22.1 Å². The topological polar surface area (TPSA) is 69.7 Å². The first-order valence-electron chi connectivity index (χ1n) is 7.92. The molecular formula is C19H22O5S. The van der Waals surface area contributed by atoms with Crippen molar-refractivity contribution in [3.8, 4) is 5.75 Å². The van der Waals surface area contributed by atoms with Gasteiger partial charge in [0.15, 0.2) is 0 Å². The van der Waals surface area contributed by atoms with Gasteiger partial charge in [0.05, 0.1) is 12.7 Å². The molecule has 0 aromatic heterocycles. The number of rotatable bonds is 6. The Kier molecular flexibility index (Phi) is 5.85. The molecule has 0 unspecified atom stereocenters. The van der Waals surface area contributed by atoms with Crippen molar-refractivity contribution >= 4 is 16.1 Å². The molecule has 0 bridgehead atoms. The van der Waals surface area contributed by atoms with Crippen LogP contribution in [-0.4, -0.2) is 21.5 Å². The van der Waals surface area contributed by atoms with Gasteiger partial charge in [-0.1, -0.05) is 38.1 Å². The lowest BCUT2D eigenvalue weighted by Gasteiger charge is -2.13. The molecule has 0 spiro atoms. The van der Waals surface area contributed by atoms with Crippen LogP contribution >= 0.6 is 0 Å². The minimum absolute atomic E-state index is 0.275. The first-order valence-corrected chi connectivity index (χ1v) is 9.49. The van der Waals surface area contributed by atoms with Gasteiger partial charge in [-0.25, -0.2) is 4.79 Å². The fourth-order valence-corrected chi connectivity index (χ4v) is 3.40. The smallest absolute Gasteiger partial charge is 0.337 e. The van der Waals surface area contributed by atoms with Crippen LogP contribution in [0.3, 0.4) is 0 Å². The van der Waals surface area contributed by atoms with Crippen LogP contribution in [0.25, 0.3) is 0 Å². The summed E-state index contributed by atoms with van der Waals surface area (Å²) in [4.78, 5) is 11.4. The summed E-state index contributed by atoms with van der Waals surface area (Å²) in [5, 5.41) is 0. The number of hydrogen-bond donors (Lipinski definition) is 0. The molecule has 0 saturated heterocycles. The molecular weight excluding hydrogens is 340 g/mol. The van der Waals surface area contributed by atoms with E-state index in [1.54, 1.807) is 25.1 Å². The molecule has 0 aliphatic carbocycles. The summed E-state index contributed by atoms with van der Waals surface area (Å²) < 4.78 is 34.7. The van der Waals surface area contributed by atoms with E-state index in [0.29, 0.717) is 16.9 Å². The first-order chi connectivity index (χ1) is 11.7. The highest BCUT2D eigenvalue weighted by atomic mass is 32.2. The summed E-state index contributed by atoms with van der Waals surface area (Å²) in [5.41, 5.74) is 2.67. The maximum absolute atomic E-state index is 12.4. The summed E-state index contributed by atoms with van der Waals surface area (Å²) in [5.74, 6) is -0.125. The van der Waals surface area contributed by atoms with Crippen molar-refractivity contribution in [2.24, 2.45) is 0 Å². The average molecular weight is 362 g/mol. The Balaban J connectivity index is 2.17. The van der Waals surface area contributed by atoms with E-state index in [2.05, 4.69) is 4.74 Å². The lowest BCUT2D eigenvalue weighted by Crippen LogP contribution is -2.13. The Hall–Kier alpha value is -2.34. The van der Waals surface area contributed by atoms with Crippen LogP contribution in [0.4, 0.5) is 0 Å². The van der Waals surface area contributed by atoms with E-state index < -0.39 is 16.1 Å². The summed E-state index contributed by atoms with van der Waals surface area (Å²) in [6.07, 6.45) is 0. The normalized spacial score (nSPS) is 11.4.